The number of nitrogens with zero attached hydrogens (tertiary/aromatic N) is 2. The summed E-state index contributed by atoms with van der Waals surface area (Å²) in [4.78, 5) is 11.8. The lowest BCUT2D eigenvalue weighted by Crippen LogP contribution is -2.14. The van der Waals surface area contributed by atoms with Crippen LogP contribution in [-0.2, 0) is 11.3 Å². The fourth-order valence-corrected chi connectivity index (χ4v) is 3.39. The number of nitrogens with one attached hydrogen (secondary N) is 1. The molecule has 0 bridgehead atoms. The Bertz CT molecular complexity index is 1050. The van der Waals surface area contributed by atoms with E-state index in [9.17, 15) is 10.1 Å². The summed E-state index contributed by atoms with van der Waals surface area (Å²) in [6.45, 7) is 3.02. The van der Waals surface area contributed by atoms with E-state index in [2.05, 4.69) is 16.0 Å². The normalized spacial score (nSPS) is 10.6. The number of ether oxygens (including phenoxy) is 2. The van der Waals surface area contributed by atoms with Gasteiger partial charge in [-0.2, -0.15) is 5.26 Å². The van der Waals surface area contributed by atoms with E-state index in [4.69, 9.17) is 21.1 Å². The molecule has 1 amide bonds. The predicted molar refractivity (Wildman–Crippen MR) is 115 cm³/mol. The van der Waals surface area contributed by atoms with E-state index >= 15 is 0 Å². The van der Waals surface area contributed by atoms with Crippen LogP contribution >= 0.6 is 11.6 Å². The second-order valence-electron chi connectivity index (χ2n) is 6.34. The van der Waals surface area contributed by atoms with Crippen molar-refractivity contribution in [3.63, 3.8) is 0 Å². The number of methoxy groups -OCH3 is 1. The third-order valence-corrected chi connectivity index (χ3v) is 4.88. The van der Waals surface area contributed by atoms with Crippen molar-refractivity contribution in [3.05, 3.63) is 48.0 Å². The van der Waals surface area contributed by atoms with Crippen molar-refractivity contribution in [2.45, 2.75) is 19.9 Å². The summed E-state index contributed by atoms with van der Waals surface area (Å²) < 4.78 is 12.5. The van der Waals surface area contributed by atoms with Gasteiger partial charge in [-0.1, -0.05) is 12.1 Å². The van der Waals surface area contributed by atoms with Crippen LogP contribution in [0.15, 0.2) is 42.5 Å². The molecule has 0 fully saturated rings. The van der Waals surface area contributed by atoms with Crippen molar-refractivity contribution in [2.24, 2.45) is 0 Å². The maximum absolute atomic E-state index is 11.8. The van der Waals surface area contributed by atoms with E-state index in [1.54, 1.807) is 19.2 Å². The molecule has 1 aromatic heterocycles. The van der Waals surface area contributed by atoms with Crippen LogP contribution in [0.2, 0.25) is 0 Å². The first kappa shape index (κ1) is 20.6. The number of hydrogen-bond acceptors (Lipinski definition) is 4. The molecule has 1 N–H and O–H groups in total. The van der Waals surface area contributed by atoms with Gasteiger partial charge in [-0.05, 0) is 43.2 Å². The molecule has 0 spiro atoms. The molecule has 2 aromatic carbocycles. The molecule has 7 heteroatoms. The van der Waals surface area contributed by atoms with E-state index in [1.165, 1.54) is 0 Å². The van der Waals surface area contributed by atoms with Crippen LogP contribution in [0.5, 0.6) is 5.75 Å². The third kappa shape index (κ3) is 4.30. The molecule has 6 nitrogen and oxygen atoms in total. The molecule has 0 aliphatic heterocycles. The van der Waals surface area contributed by atoms with Gasteiger partial charge in [0.15, 0.2) is 0 Å². The number of hydrogen-bond donors (Lipinski definition) is 1. The lowest BCUT2D eigenvalue weighted by molar-refractivity contribution is 0.162. The maximum atomic E-state index is 11.8. The average Bonchev–Trinajstić information content (AvgIpc) is 3.07. The Hall–Kier alpha value is -3.17. The number of alkyl halides is 1. The Labute approximate surface area is 174 Å². The average molecular weight is 412 g/mol. The zero-order chi connectivity index (χ0) is 20.8. The highest BCUT2D eigenvalue weighted by Gasteiger charge is 2.18. The van der Waals surface area contributed by atoms with Crippen LogP contribution in [0.4, 0.5) is 10.5 Å². The first-order valence-corrected chi connectivity index (χ1v) is 9.86. The highest BCUT2D eigenvalue weighted by molar-refractivity contribution is 6.17. The molecule has 0 aliphatic rings. The van der Waals surface area contributed by atoms with Gasteiger partial charge in [-0.15, -0.1) is 11.6 Å². The molecule has 0 radical (unpaired) electrons. The second kappa shape index (κ2) is 9.35. The molecule has 0 atom stereocenters. The fraction of sp³-hybridized carbons (Fsp3) is 0.273. The predicted octanol–water partition coefficient (Wildman–Crippen LogP) is 5.39. The Morgan fingerprint density at radius 1 is 1.24 bits per heavy atom. The minimum absolute atomic E-state index is 0.277. The smallest absolute Gasteiger partial charge is 0.411 e. The highest BCUT2D eigenvalue weighted by atomic mass is 35.5. The van der Waals surface area contributed by atoms with Crippen LogP contribution in [-0.4, -0.2) is 30.3 Å². The van der Waals surface area contributed by atoms with Gasteiger partial charge in [0.2, 0.25) is 0 Å². The van der Waals surface area contributed by atoms with E-state index in [0.29, 0.717) is 30.1 Å². The number of aromatic nitrogens is 1. The molecular weight excluding hydrogens is 390 g/mol. The Balaban J connectivity index is 1.94. The first-order chi connectivity index (χ1) is 14.1. The summed E-state index contributed by atoms with van der Waals surface area (Å²) in [6.07, 6.45) is 0.0901. The molecule has 1 heterocycles. The molecule has 0 aliphatic carbocycles. The van der Waals surface area contributed by atoms with Crippen molar-refractivity contribution in [3.8, 4) is 23.1 Å². The number of amides is 1. The van der Waals surface area contributed by atoms with Crippen molar-refractivity contribution in [2.75, 3.05) is 24.9 Å². The number of rotatable bonds is 7. The summed E-state index contributed by atoms with van der Waals surface area (Å²) in [6, 6.07) is 15.4. The lowest BCUT2D eigenvalue weighted by atomic mass is 10.1. The largest absolute Gasteiger partial charge is 0.497 e. The summed E-state index contributed by atoms with van der Waals surface area (Å²) >= 11 is 5.57. The van der Waals surface area contributed by atoms with Gasteiger partial charge in [-0.3, -0.25) is 5.32 Å². The number of carbonyl (C=O) groups excluding carboxylic acids is 1. The minimum atomic E-state index is -0.518. The Kier molecular flexibility index (Phi) is 6.63. The molecule has 29 heavy (non-hydrogen) atoms. The highest BCUT2D eigenvalue weighted by Crippen LogP contribution is 2.35. The third-order valence-electron chi connectivity index (χ3n) is 4.62. The molecule has 0 unspecified atom stereocenters. The van der Waals surface area contributed by atoms with Gasteiger partial charge in [0, 0.05) is 29.6 Å². The summed E-state index contributed by atoms with van der Waals surface area (Å²) in [5.41, 5.74) is 3.91. The zero-order valence-corrected chi connectivity index (χ0v) is 17.1. The maximum Gasteiger partial charge on any atom is 0.411 e. The van der Waals surface area contributed by atoms with Crippen LogP contribution in [0.1, 0.15) is 18.9 Å². The van der Waals surface area contributed by atoms with Crippen LogP contribution in [0.3, 0.4) is 0 Å². The number of carbonyl (C=O) groups is 1. The standard InChI is InChI=1S/C22H22ClN3O3/c1-3-26-20-13-17(28-2)9-10-18(20)19(14-24)21(26)15-5-7-16(8-6-15)25-22(27)29-12-4-11-23/h5-10,13H,3-4,11-12H2,1-2H3,(H,25,27). The lowest BCUT2D eigenvalue weighted by Gasteiger charge is -2.11. The summed E-state index contributed by atoms with van der Waals surface area (Å²) in [7, 11) is 1.62. The van der Waals surface area contributed by atoms with E-state index < -0.39 is 6.09 Å². The SMILES string of the molecule is CCn1c(-c2ccc(NC(=O)OCCCCl)cc2)c(C#N)c2ccc(OC)cc21. The van der Waals surface area contributed by atoms with Crippen LogP contribution in [0, 0.1) is 11.3 Å². The quantitative estimate of drug-likeness (QED) is 0.418. The van der Waals surface area contributed by atoms with Crippen molar-refractivity contribution >= 4 is 34.3 Å². The number of nitriles is 1. The van der Waals surface area contributed by atoms with Crippen LogP contribution < -0.4 is 10.1 Å². The van der Waals surface area contributed by atoms with E-state index in [1.807, 2.05) is 37.3 Å². The molecule has 3 rings (SSSR count). The van der Waals surface area contributed by atoms with Gasteiger partial charge in [0.05, 0.1) is 30.5 Å². The summed E-state index contributed by atoms with van der Waals surface area (Å²) in [5.74, 6) is 1.19. The molecule has 3 aromatic rings. The van der Waals surface area contributed by atoms with Gasteiger partial charge in [0.25, 0.3) is 0 Å². The topological polar surface area (TPSA) is 76.3 Å². The van der Waals surface area contributed by atoms with Crippen molar-refractivity contribution in [1.29, 1.82) is 5.26 Å². The monoisotopic (exact) mass is 411 g/mol. The molecule has 0 saturated carbocycles. The number of fused-ring (bicyclic) bond motifs is 1. The Morgan fingerprint density at radius 2 is 2.00 bits per heavy atom. The van der Waals surface area contributed by atoms with E-state index in [-0.39, 0.29) is 6.61 Å². The minimum Gasteiger partial charge on any atom is -0.497 e. The molecule has 0 saturated heterocycles. The number of halogens is 1. The number of anilines is 1. The van der Waals surface area contributed by atoms with Gasteiger partial charge in [0.1, 0.15) is 11.8 Å². The van der Waals surface area contributed by atoms with E-state index in [0.717, 1.165) is 27.9 Å². The first-order valence-electron chi connectivity index (χ1n) is 9.33. The van der Waals surface area contributed by atoms with Crippen molar-refractivity contribution in [1.82, 2.24) is 4.57 Å². The van der Waals surface area contributed by atoms with Crippen LogP contribution in [0.25, 0.3) is 22.2 Å². The van der Waals surface area contributed by atoms with Crippen molar-refractivity contribution < 1.29 is 14.3 Å². The Morgan fingerprint density at radius 3 is 2.62 bits per heavy atom. The fourth-order valence-electron chi connectivity index (χ4n) is 3.28. The van der Waals surface area contributed by atoms with Gasteiger partial charge >= 0.3 is 6.09 Å². The number of benzene rings is 2. The summed E-state index contributed by atoms with van der Waals surface area (Å²) in [5, 5.41) is 13.4. The zero-order valence-electron chi connectivity index (χ0n) is 16.4. The molecule has 150 valence electrons. The molecular formula is C22H22ClN3O3. The van der Waals surface area contributed by atoms with Gasteiger partial charge in [-0.25, -0.2) is 4.79 Å². The van der Waals surface area contributed by atoms with Gasteiger partial charge < -0.3 is 14.0 Å². The second-order valence-corrected chi connectivity index (χ2v) is 6.72. The number of aryl methyl sites for hydroxylation is 1.